The van der Waals surface area contributed by atoms with Gasteiger partial charge in [-0.1, -0.05) is 45.8 Å². The Balaban J connectivity index is 2.43. The van der Waals surface area contributed by atoms with Crippen LogP contribution in [0.15, 0.2) is 12.2 Å². The van der Waals surface area contributed by atoms with E-state index in [4.69, 9.17) is 0 Å². The van der Waals surface area contributed by atoms with Crippen LogP contribution in [0, 0.1) is 17.8 Å². The zero-order valence-electron chi connectivity index (χ0n) is 10.2. The molecule has 1 aliphatic carbocycles. The Morgan fingerprint density at radius 1 is 1.29 bits per heavy atom. The summed E-state index contributed by atoms with van der Waals surface area (Å²) < 4.78 is 0. The van der Waals surface area contributed by atoms with Gasteiger partial charge in [0.25, 0.3) is 0 Å². The van der Waals surface area contributed by atoms with E-state index >= 15 is 0 Å². The summed E-state index contributed by atoms with van der Waals surface area (Å²) in [6.07, 6.45) is 8.26. The second-order valence-electron chi connectivity index (χ2n) is 5.06. The van der Waals surface area contributed by atoms with Gasteiger partial charge in [0, 0.05) is 0 Å². The zero-order valence-corrected chi connectivity index (χ0v) is 10.2. The van der Waals surface area contributed by atoms with Crippen molar-refractivity contribution in [3.63, 3.8) is 0 Å². The quantitative estimate of drug-likeness (QED) is 0.564. The molecule has 0 amide bonds. The maximum absolute atomic E-state index is 4.22. The van der Waals surface area contributed by atoms with Crippen LogP contribution >= 0.6 is 0 Å². The molecule has 0 N–H and O–H groups in total. The van der Waals surface area contributed by atoms with Crippen LogP contribution in [0.5, 0.6) is 0 Å². The number of allylic oxidation sites excluding steroid dienone is 1. The molecule has 0 aromatic carbocycles. The molecule has 0 radical (unpaired) electrons. The predicted octanol–water partition coefficient (Wildman–Crippen LogP) is 4.81. The van der Waals surface area contributed by atoms with Gasteiger partial charge in [-0.15, -0.1) is 0 Å². The summed E-state index contributed by atoms with van der Waals surface area (Å²) in [5.74, 6) is 2.72. The Bertz CT molecular complexity index is 180. The topological polar surface area (TPSA) is 0 Å². The monoisotopic (exact) mass is 194 g/mol. The molecule has 0 aromatic rings. The van der Waals surface area contributed by atoms with E-state index in [-0.39, 0.29) is 0 Å². The first-order valence-electron chi connectivity index (χ1n) is 6.36. The molecule has 0 spiro atoms. The van der Waals surface area contributed by atoms with Gasteiger partial charge in [0.2, 0.25) is 0 Å². The van der Waals surface area contributed by atoms with Gasteiger partial charge in [0.05, 0.1) is 0 Å². The molecule has 0 saturated heterocycles. The molecule has 1 saturated carbocycles. The lowest BCUT2D eigenvalue weighted by Crippen LogP contribution is -2.23. The van der Waals surface area contributed by atoms with Gasteiger partial charge in [-0.2, -0.15) is 0 Å². The number of hydrogen-bond donors (Lipinski definition) is 0. The molecule has 82 valence electrons. The molecular formula is C14H26. The van der Waals surface area contributed by atoms with Crippen molar-refractivity contribution < 1.29 is 0 Å². The van der Waals surface area contributed by atoms with Crippen molar-refractivity contribution in [1.82, 2.24) is 0 Å². The van der Waals surface area contributed by atoms with Crippen molar-refractivity contribution in [3.05, 3.63) is 12.2 Å². The molecule has 0 nitrogen and oxygen atoms in total. The third kappa shape index (κ3) is 2.87. The Labute approximate surface area is 89.8 Å². The van der Waals surface area contributed by atoms with E-state index in [1.807, 2.05) is 0 Å². The smallest absolute Gasteiger partial charge is 0.0180 e. The Kier molecular flexibility index (Phi) is 4.71. The molecule has 0 aliphatic heterocycles. The molecule has 0 heterocycles. The Morgan fingerprint density at radius 2 is 2.00 bits per heavy atom. The van der Waals surface area contributed by atoms with E-state index in [9.17, 15) is 0 Å². The standard InChI is InChI=1S/C14H26/c1-5-7-13-8-9-14(11(3)6-2)12(4)10-13/h12-14H,3,5-10H2,1-2,4H3. The fourth-order valence-corrected chi connectivity index (χ4v) is 3.05. The van der Waals surface area contributed by atoms with Gasteiger partial charge in [0.15, 0.2) is 0 Å². The van der Waals surface area contributed by atoms with Crippen LogP contribution in [-0.2, 0) is 0 Å². The maximum atomic E-state index is 4.22. The molecule has 14 heavy (non-hydrogen) atoms. The second kappa shape index (κ2) is 5.58. The average molecular weight is 194 g/mol. The predicted molar refractivity (Wildman–Crippen MR) is 64.3 cm³/mol. The van der Waals surface area contributed by atoms with Gasteiger partial charge < -0.3 is 0 Å². The van der Waals surface area contributed by atoms with Crippen molar-refractivity contribution in [1.29, 1.82) is 0 Å². The molecule has 0 aromatic heterocycles. The van der Waals surface area contributed by atoms with Gasteiger partial charge in [-0.25, -0.2) is 0 Å². The highest BCUT2D eigenvalue weighted by Crippen LogP contribution is 2.39. The van der Waals surface area contributed by atoms with Crippen LogP contribution < -0.4 is 0 Å². The summed E-state index contributed by atoms with van der Waals surface area (Å²) in [5.41, 5.74) is 1.49. The zero-order chi connectivity index (χ0) is 10.6. The summed E-state index contributed by atoms with van der Waals surface area (Å²) in [4.78, 5) is 0. The minimum absolute atomic E-state index is 0.827. The fourth-order valence-electron chi connectivity index (χ4n) is 3.05. The van der Waals surface area contributed by atoms with Crippen LogP contribution in [0.1, 0.15) is 59.3 Å². The summed E-state index contributed by atoms with van der Waals surface area (Å²) in [5, 5.41) is 0. The first-order chi connectivity index (χ1) is 6.69. The molecule has 1 rings (SSSR count). The second-order valence-corrected chi connectivity index (χ2v) is 5.06. The van der Waals surface area contributed by atoms with E-state index in [0.29, 0.717) is 0 Å². The molecule has 0 bridgehead atoms. The summed E-state index contributed by atoms with van der Waals surface area (Å²) in [6, 6.07) is 0. The minimum atomic E-state index is 0.827. The molecule has 1 fully saturated rings. The normalized spacial score (nSPS) is 32.9. The van der Waals surface area contributed by atoms with Crippen molar-refractivity contribution in [2.24, 2.45) is 17.8 Å². The van der Waals surface area contributed by atoms with Crippen molar-refractivity contribution in [3.8, 4) is 0 Å². The maximum Gasteiger partial charge on any atom is -0.0180 e. The lowest BCUT2D eigenvalue weighted by molar-refractivity contribution is 0.209. The van der Waals surface area contributed by atoms with E-state index in [0.717, 1.165) is 17.8 Å². The third-order valence-corrected chi connectivity index (χ3v) is 3.95. The lowest BCUT2D eigenvalue weighted by atomic mass is 9.70. The molecule has 3 unspecified atom stereocenters. The van der Waals surface area contributed by atoms with Crippen LogP contribution in [0.4, 0.5) is 0 Å². The van der Waals surface area contributed by atoms with Crippen LogP contribution in [0.25, 0.3) is 0 Å². The Morgan fingerprint density at radius 3 is 2.50 bits per heavy atom. The van der Waals surface area contributed by atoms with Gasteiger partial charge in [-0.3, -0.25) is 0 Å². The molecule has 0 heteroatoms. The first-order valence-corrected chi connectivity index (χ1v) is 6.36. The highest BCUT2D eigenvalue weighted by atomic mass is 14.3. The third-order valence-electron chi connectivity index (χ3n) is 3.95. The lowest BCUT2D eigenvalue weighted by Gasteiger charge is -2.35. The van der Waals surface area contributed by atoms with Crippen molar-refractivity contribution >= 4 is 0 Å². The number of hydrogen-bond acceptors (Lipinski definition) is 0. The van der Waals surface area contributed by atoms with Gasteiger partial charge in [-0.05, 0) is 43.4 Å². The molecule has 3 atom stereocenters. The highest BCUT2D eigenvalue weighted by molar-refractivity contribution is 5.03. The largest absolute Gasteiger partial charge is 0.0996 e. The molecular weight excluding hydrogens is 168 g/mol. The minimum Gasteiger partial charge on any atom is -0.0996 e. The molecule has 1 aliphatic rings. The van der Waals surface area contributed by atoms with Crippen molar-refractivity contribution in [2.75, 3.05) is 0 Å². The highest BCUT2D eigenvalue weighted by Gasteiger charge is 2.27. The van der Waals surface area contributed by atoms with E-state index in [1.54, 1.807) is 0 Å². The van der Waals surface area contributed by atoms with Crippen LogP contribution in [-0.4, -0.2) is 0 Å². The van der Waals surface area contributed by atoms with Gasteiger partial charge in [0.1, 0.15) is 0 Å². The number of rotatable bonds is 4. The van der Waals surface area contributed by atoms with E-state index in [2.05, 4.69) is 27.4 Å². The SMILES string of the molecule is C=C(CC)C1CCC(CCC)CC1C. The first kappa shape index (κ1) is 11.8. The summed E-state index contributed by atoms with van der Waals surface area (Å²) >= 11 is 0. The van der Waals surface area contributed by atoms with E-state index < -0.39 is 0 Å². The Hall–Kier alpha value is -0.260. The van der Waals surface area contributed by atoms with Crippen molar-refractivity contribution in [2.45, 2.75) is 59.3 Å². The summed E-state index contributed by atoms with van der Waals surface area (Å²) in [7, 11) is 0. The van der Waals surface area contributed by atoms with Gasteiger partial charge >= 0.3 is 0 Å². The summed E-state index contributed by atoms with van der Waals surface area (Å²) in [6.45, 7) is 11.2. The average Bonchev–Trinajstić information content (AvgIpc) is 2.17. The van der Waals surface area contributed by atoms with Crippen LogP contribution in [0.3, 0.4) is 0 Å². The fraction of sp³-hybridized carbons (Fsp3) is 0.857. The van der Waals surface area contributed by atoms with Crippen LogP contribution in [0.2, 0.25) is 0 Å². The van der Waals surface area contributed by atoms with E-state index in [1.165, 1.54) is 44.1 Å².